The molecule has 0 saturated carbocycles. The van der Waals surface area contributed by atoms with Gasteiger partial charge in [-0.05, 0) is 30.3 Å². The molecule has 0 unspecified atom stereocenters. The van der Waals surface area contributed by atoms with Crippen molar-refractivity contribution in [3.8, 4) is 0 Å². The molecule has 1 N–H and O–H groups in total. The van der Waals surface area contributed by atoms with Gasteiger partial charge >= 0.3 is 0 Å². The van der Waals surface area contributed by atoms with Crippen LogP contribution in [0.3, 0.4) is 0 Å². The number of rotatable bonds is 3. The summed E-state index contributed by atoms with van der Waals surface area (Å²) >= 11 is 0. The number of benzene rings is 1. The van der Waals surface area contributed by atoms with Crippen LogP contribution in [0, 0.1) is 5.41 Å². The van der Waals surface area contributed by atoms with Gasteiger partial charge in [-0.2, -0.15) is 0 Å². The van der Waals surface area contributed by atoms with Crippen molar-refractivity contribution in [2.45, 2.75) is 26.8 Å². The molecule has 3 heteroatoms. The summed E-state index contributed by atoms with van der Waals surface area (Å²) < 4.78 is 0. The summed E-state index contributed by atoms with van der Waals surface area (Å²) in [4.78, 5) is 7.35. The average molecular weight is 269 g/mol. The zero-order chi connectivity index (χ0) is 14.2. The predicted octanol–water partition coefficient (Wildman–Crippen LogP) is 3.19. The lowest BCUT2D eigenvalue weighted by Gasteiger charge is -2.23. The summed E-state index contributed by atoms with van der Waals surface area (Å²) in [6, 6.07) is 10.8. The largest absolute Gasteiger partial charge is 0.356 e. The smallest absolute Gasteiger partial charge is 0.136 e. The molecule has 2 aromatic rings. The molecular weight excluding hydrogens is 246 g/mol. The van der Waals surface area contributed by atoms with E-state index in [1.54, 1.807) is 0 Å². The molecule has 1 aliphatic heterocycles. The van der Waals surface area contributed by atoms with Crippen LogP contribution in [0.1, 0.15) is 26.0 Å². The number of pyridine rings is 1. The third kappa shape index (κ3) is 2.50. The van der Waals surface area contributed by atoms with Gasteiger partial charge < -0.3 is 10.2 Å². The van der Waals surface area contributed by atoms with Gasteiger partial charge in [-0.15, -0.1) is 0 Å². The van der Waals surface area contributed by atoms with Gasteiger partial charge in [0.05, 0.1) is 5.69 Å². The Morgan fingerprint density at radius 2 is 2.10 bits per heavy atom. The van der Waals surface area contributed by atoms with Crippen LogP contribution in [0.4, 0.5) is 5.82 Å². The summed E-state index contributed by atoms with van der Waals surface area (Å²) in [5, 5.41) is 5.75. The summed E-state index contributed by atoms with van der Waals surface area (Å²) in [5.74, 6) is 1.15. The first-order valence-electron chi connectivity index (χ1n) is 7.37. The molecule has 1 fully saturated rings. The van der Waals surface area contributed by atoms with E-state index in [0.29, 0.717) is 5.41 Å². The molecule has 0 aliphatic carbocycles. The van der Waals surface area contributed by atoms with Crippen molar-refractivity contribution in [1.29, 1.82) is 0 Å². The molecule has 1 aromatic heterocycles. The zero-order valence-electron chi connectivity index (χ0n) is 12.6. The molecule has 106 valence electrons. The highest BCUT2D eigenvalue weighted by molar-refractivity contribution is 5.92. The second kappa shape index (κ2) is 5.06. The lowest BCUT2D eigenvalue weighted by atomic mass is 9.93. The van der Waals surface area contributed by atoms with Gasteiger partial charge in [-0.25, -0.2) is 4.98 Å². The Hall–Kier alpha value is -1.61. The van der Waals surface area contributed by atoms with Crippen LogP contribution in [0.15, 0.2) is 30.3 Å². The fourth-order valence-electron chi connectivity index (χ4n) is 3.04. The SMILES string of the molecule is CNCc1cc2ccccc2c(N2CCC(C)(C)C2)n1. The van der Waals surface area contributed by atoms with Gasteiger partial charge in [0.15, 0.2) is 0 Å². The maximum Gasteiger partial charge on any atom is 0.136 e. The Balaban J connectivity index is 2.08. The fraction of sp³-hybridized carbons (Fsp3) is 0.471. The molecule has 1 saturated heterocycles. The first-order chi connectivity index (χ1) is 9.59. The van der Waals surface area contributed by atoms with Crippen LogP contribution in [0.2, 0.25) is 0 Å². The summed E-state index contributed by atoms with van der Waals surface area (Å²) in [6.45, 7) is 7.69. The summed E-state index contributed by atoms with van der Waals surface area (Å²) in [6.07, 6.45) is 1.24. The van der Waals surface area contributed by atoms with Crippen molar-refractivity contribution in [2.24, 2.45) is 5.41 Å². The summed E-state index contributed by atoms with van der Waals surface area (Å²) in [5.41, 5.74) is 1.51. The third-order valence-corrected chi connectivity index (χ3v) is 4.11. The third-order valence-electron chi connectivity index (χ3n) is 4.11. The number of nitrogens with one attached hydrogen (secondary N) is 1. The predicted molar refractivity (Wildman–Crippen MR) is 85.1 cm³/mol. The number of aromatic nitrogens is 1. The molecule has 0 amide bonds. The van der Waals surface area contributed by atoms with E-state index in [0.717, 1.165) is 31.1 Å². The van der Waals surface area contributed by atoms with Gasteiger partial charge in [0.25, 0.3) is 0 Å². The van der Waals surface area contributed by atoms with E-state index in [-0.39, 0.29) is 0 Å². The van der Waals surface area contributed by atoms with Gasteiger partial charge in [0.2, 0.25) is 0 Å². The minimum Gasteiger partial charge on any atom is -0.356 e. The Bertz CT molecular complexity index is 619. The second-order valence-corrected chi connectivity index (χ2v) is 6.52. The standard InChI is InChI=1S/C17H23N3/c1-17(2)8-9-20(12-17)16-15-7-5-4-6-13(15)10-14(19-16)11-18-3/h4-7,10,18H,8-9,11-12H2,1-3H3. The molecule has 0 atom stereocenters. The first kappa shape index (κ1) is 13.4. The lowest BCUT2D eigenvalue weighted by molar-refractivity contribution is 0.418. The van der Waals surface area contributed by atoms with Gasteiger partial charge in [-0.3, -0.25) is 0 Å². The number of fused-ring (bicyclic) bond motifs is 1. The molecule has 1 aromatic carbocycles. The maximum atomic E-state index is 4.90. The van der Waals surface area contributed by atoms with Crippen molar-refractivity contribution < 1.29 is 0 Å². The highest BCUT2D eigenvalue weighted by Gasteiger charge is 2.30. The van der Waals surface area contributed by atoms with Crippen molar-refractivity contribution in [1.82, 2.24) is 10.3 Å². The monoisotopic (exact) mass is 269 g/mol. The lowest BCUT2D eigenvalue weighted by Crippen LogP contribution is -2.24. The van der Waals surface area contributed by atoms with Crippen LogP contribution < -0.4 is 10.2 Å². The first-order valence-corrected chi connectivity index (χ1v) is 7.37. The molecule has 0 spiro atoms. The molecule has 1 aliphatic rings. The molecule has 3 nitrogen and oxygen atoms in total. The van der Waals surface area contributed by atoms with Crippen LogP contribution in [0.5, 0.6) is 0 Å². The van der Waals surface area contributed by atoms with Gasteiger partial charge in [-0.1, -0.05) is 38.1 Å². The second-order valence-electron chi connectivity index (χ2n) is 6.52. The average Bonchev–Trinajstić information content (AvgIpc) is 2.78. The highest BCUT2D eigenvalue weighted by Crippen LogP contribution is 2.35. The van der Waals surface area contributed by atoms with E-state index < -0.39 is 0 Å². The van der Waals surface area contributed by atoms with Gasteiger partial charge in [0, 0.05) is 25.0 Å². The number of hydrogen-bond donors (Lipinski definition) is 1. The van der Waals surface area contributed by atoms with E-state index >= 15 is 0 Å². The van der Waals surface area contributed by atoms with Crippen molar-refractivity contribution >= 4 is 16.6 Å². The van der Waals surface area contributed by atoms with E-state index in [2.05, 4.69) is 54.4 Å². The van der Waals surface area contributed by atoms with Crippen molar-refractivity contribution in [3.63, 3.8) is 0 Å². The van der Waals surface area contributed by atoms with Crippen molar-refractivity contribution in [2.75, 3.05) is 25.0 Å². The molecule has 3 rings (SSSR count). The number of nitrogens with zero attached hydrogens (tertiary/aromatic N) is 2. The van der Waals surface area contributed by atoms with Crippen LogP contribution in [0.25, 0.3) is 10.8 Å². The Kier molecular flexibility index (Phi) is 3.38. The van der Waals surface area contributed by atoms with Crippen LogP contribution >= 0.6 is 0 Å². The highest BCUT2D eigenvalue weighted by atomic mass is 15.2. The minimum absolute atomic E-state index is 0.391. The van der Waals surface area contributed by atoms with Crippen LogP contribution in [-0.4, -0.2) is 25.1 Å². The summed E-state index contributed by atoms with van der Waals surface area (Å²) in [7, 11) is 1.97. The van der Waals surface area contributed by atoms with Crippen LogP contribution in [-0.2, 0) is 6.54 Å². The van der Waals surface area contributed by atoms with E-state index in [9.17, 15) is 0 Å². The van der Waals surface area contributed by atoms with Gasteiger partial charge in [0.1, 0.15) is 5.82 Å². The molecule has 0 radical (unpaired) electrons. The Labute approximate surface area is 121 Å². The van der Waals surface area contributed by atoms with E-state index in [4.69, 9.17) is 4.98 Å². The molecular formula is C17H23N3. The Morgan fingerprint density at radius 3 is 2.80 bits per heavy atom. The topological polar surface area (TPSA) is 28.2 Å². The quantitative estimate of drug-likeness (QED) is 0.927. The number of hydrogen-bond acceptors (Lipinski definition) is 3. The normalized spacial score (nSPS) is 17.9. The van der Waals surface area contributed by atoms with E-state index in [1.807, 2.05) is 7.05 Å². The molecule has 2 heterocycles. The maximum absolute atomic E-state index is 4.90. The fourth-order valence-corrected chi connectivity index (χ4v) is 3.04. The minimum atomic E-state index is 0.391. The molecule has 20 heavy (non-hydrogen) atoms. The van der Waals surface area contributed by atoms with Crippen molar-refractivity contribution in [3.05, 3.63) is 36.0 Å². The number of anilines is 1. The molecule has 0 bridgehead atoms. The Morgan fingerprint density at radius 1 is 1.30 bits per heavy atom. The van der Waals surface area contributed by atoms with E-state index in [1.165, 1.54) is 17.2 Å². The zero-order valence-corrected chi connectivity index (χ0v) is 12.6.